The van der Waals surface area contributed by atoms with Gasteiger partial charge in [-0.1, -0.05) is 0 Å². The summed E-state index contributed by atoms with van der Waals surface area (Å²) >= 11 is 0. The zero-order valence-corrected chi connectivity index (χ0v) is 16.5. The molecule has 2 fully saturated rings. The van der Waals surface area contributed by atoms with Crippen molar-refractivity contribution in [3.8, 4) is 11.5 Å². The summed E-state index contributed by atoms with van der Waals surface area (Å²) in [5.74, 6) is -0.0897. The van der Waals surface area contributed by atoms with Crippen molar-refractivity contribution in [1.82, 2.24) is 4.90 Å². The third-order valence-corrected chi connectivity index (χ3v) is 5.03. The number of carbonyl (C=O) groups is 3. The van der Waals surface area contributed by atoms with Crippen LogP contribution in [-0.2, 0) is 19.1 Å². The molecule has 1 saturated carbocycles. The molecule has 8 nitrogen and oxygen atoms in total. The van der Waals surface area contributed by atoms with Crippen molar-refractivity contribution in [2.75, 3.05) is 38.8 Å². The fraction of sp³-hybridized carbons (Fsp3) is 0.550. The van der Waals surface area contributed by atoms with E-state index in [0.717, 1.165) is 12.8 Å². The van der Waals surface area contributed by atoms with Crippen molar-refractivity contribution < 1.29 is 28.6 Å². The van der Waals surface area contributed by atoms with Crippen LogP contribution in [0.3, 0.4) is 0 Å². The lowest BCUT2D eigenvalue weighted by Crippen LogP contribution is -2.42. The highest BCUT2D eigenvalue weighted by Gasteiger charge is 2.42. The Labute approximate surface area is 164 Å². The van der Waals surface area contributed by atoms with E-state index < -0.39 is 11.9 Å². The standard InChI is InChI=1S/C20H26N2O6/c1-4-28-19(24)12-22(14-5-6-14)20(25)13-9-18(23)21(11-13)15-7-8-16(26-2)17(10-15)27-3/h7-8,10,13-14H,4-6,9,11-12H2,1-3H3. The van der Waals surface area contributed by atoms with E-state index in [4.69, 9.17) is 14.2 Å². The van der Waals surface area contributed by atoms with Gasteiger partial charge in [-0.2, -0.15) is 0 Å². The van der Waals surface area contributed by atoms with Crippen molar-refractivity contribution >= 4 is 23.5 Å². The van der Waals surface area contributed by atoms with Gasteiger partial charge < -0.3 is 24.0 Å². The highest BCUT2D eigenvalue weighted by Crippen LogP contribution is 2.35. The summed E-state index contributed by atoms with van der Waals surface area (Å²) in [6, 6.07) is 5.29. The summed E-state index contributed by atoms with van der Waals surface area (Å²) in [5.41, 5.74) is 0.654. The van der Waals surface area contributed by atoms with Gasteiger partial charge in [0.05, 0.1) is 26.7 Å². The molecule has 1 saturated heterocycles. The summed E-state index contributed by atoms with van der Waals surface area (Å²) in [6.07, 6.45) is 1.88. The van der Waals surface area contributed by atoms with Gasteiger partial charge in [0, 0.05) is 30.8 Å². The van der Waals surface area contributed by atoms with E-state index in [1.165, 1.54) is 7.11 Å². The van der Waals surface area contributed by atoms with E-state index in [-0.39, 0.29) is 44.0 Å². The highest BCUT2D eigenvalue weighted by molar-refractivity contribution is 6.01. The molecular formula is C20H26N2O6. The second-order valence-electron chi connectivity index (χ2n) is 6.95. The fourth-order valence-electron chi connectivity index (χ4n) is 3.47. The van der Waals surface area contributed by atoms with Gasteiger partial charge in [-0.25, -0.2) is 0 Å². The van der Waals surface area contributed by atoms with Crippen LogP contribution in [0.2, 0.25) is 0 Å². The van der Waals surface area contributed by atoms with Gasteiger partial charge in [0.2, 0.25) is 11.8 Å². The SMILES string of the molecule is CCOC(=O)CN(C(=O)C1CC(=O)N(c2ccc(OC)c(OC)c2)C1)C1CC1. The molecular weight excluding hydrogens is 364 g/mol. The average Bonchev–Trinajstić information content (AvgIpc) is 3.46. The molecule has 1 aliphatic carbocycles. The van der Waals surface area contributed by atoms with Gasteiger partial charge in [0.15, 0.2) is 11.5 Å². The van der Waals surface area contributed by atoms with Crippen LogP contribution < -0.4 is 14.4 Å². The maximum Gasteiger partial charge on any atom is 0.325 e. The topological polar surface area (TPSA) is 85.4 Å². The Morgan fingerprint density at radius 2 is 1.89 bits per heavy atom. The molecule has 0 spiro atoms. The predicted octanol–water partition coefficient (Wildman–Crippen LogP) is 1.61. The van der Waals surface area contributed by atoms with Crippen molar-refractivity contribution in [3.05, 3.63) is 18.2 Å². The number of hydrogen-bond acceptors (Lipinski definition) is 6. The lowest BCUT2D eigenvalue weighted by molar-refractivity contribution is -0.150. The van der Waals surface area contributed by atoms with Crippen LogP contribution in [0.15, 0.2) is 18.2 Å². The Morgan fingerprint density at radius 3 is 2.50 bits per heavy atom. The number of anilines is 1. The van der Waals surface area contributed by atoms with Gasteiger partial charge in [-0.05, 0) is 31.9 Å². The van der Waals surface area contributed by atoms with E-state index in [1.54, 1.807) is 42.0 Å². The summed E-state index contributed by atoms with van der Waals surface area (Å²) in [6.45, 7) is 2.23. The molecule has 3 rings (SSSR count). The van der Waals surface area contributed by atoms with Crippen molar-refractivity contribution in [2.45, 2.75) is 32.2 Å². The highest BCUT2D eigenvalue weighted by atomic mass is 16.5. The second kappa shape index (κ2) is 8.50. The van der Waals surface area contributed by atoms with Gasteiger partial charge in [-0.3, -0.25) is 14.4 Å². The molecule has 2 amide bonds. The van der Waals surface area contributed by atoms with E-state index >= 15 is 0 Å². The van der Waals surface area contributed by atoms with Crippen molar-refractivity contribution in [3.63, 3.8) is 0 Å². The van der Waals surface area contributed by atoms with E-state index in [9.17, 15) is 14.4 Å². The second-order valence-corrected chi connectivity index (χ2v) is 6.95. The molecule has 1 unspecified atom stereocenters. The minimum atomic E-state index is -0.476. The zero-order valence-electron chi connectivity index (χ0n) is 16.5. The number of carbonyl (C=O) groups excluding carboxylic acids is 3. The maximum atomic E-state index is 13.0. The van der Waals surface area contributed by atoms with Crippen LogP contribution in [0.25, 0.3) is 0 Å². The van der Waals surface area contributed by atoms with Gasteiger partial charge in [0.25, 0.3) is 0 Å². The minimum absolute atomic E-state index is 0.0572. The van der Waals surface area contributed by atoms with Crippen molar-refractivity contribution in [1.29, 1.82) is 0 Å². The number of rotatable bonds is 8. The Bertz CT molecular complexity index is 761. The molecule has 1 aliphatic heterocycles. The Hall–Kier alpha value is -2.77. The lowest BCUT2D eigenvalue weighted by Gasteiger charge is -2.24. The first-order valence-electron chi connectivity index (χ1n) is 9.47. The molecule has 0 radical (unpaired) electrons. The molecule has 1 aromatic rings. The normalized spacial score (nSPS) is 18.8. The molecule has 1 aromatic carbocycles. The van der Waals surface area contributed by atoms with Crippen LogP contribution in [0.1, 0.15) is 26.2 Å². The Kier molecular flexibility index (Phi) is 6.06. The minimum Gasteiger partial charge on any atom is -0.493 e. The molecule has 28 heavy (non-hydrogen) atoms. The number of methoxy groups -OCH3 is 2. The van der Waals surface area contributed by atoms with Crippen LogP contribution in [0, 0.1) is 5.92 Å². The molecule has 152 valence electrons. The predicted molar refractivity (Wildman–Crippen MR) is 101 cm³/mol. The third-order valence-electron chi connectivity index (χ3n) is 5.03. The largest absolute Gasteiger partial charge is 0.493 e. The first kappa shape index (κ1) is 20.0. The first-order valence-corrected chi connectivity index (χ1v) is 9.47. The van der Waals surface area contributed by atoms with Crippen LogP contribution >= 0.6 is 0 Å². The van der Waals surface area contributed by atoms with E-state index in [2.05, 4.69) is 0 Å². The maximum absolute atomic E-state index is 13.0. The Balaban J connectivity index is 1.72. The molecule has 8 heteroatoms. The first-order chi connectivity index (χ1) is 13.5. The smallest absolute Gasteiger partial charge is 0.325 e. The molecule has 0 bridgehead atoms. The van der Waals surface area contributed by atoms with Gasteiger partial charge in [0.1, 0.15) is 6.54 Å². The summed E-state index contributed by atoms with van der Waals surface area (Å²) in [7, 11) is 3.08. The fourth-order valence-corrected chi connectivity index (χ4v) is 3.47. The molecule has 1 atom stereocenters. The van der Waals surface area contributed by atoms with E-state index in [1.807, 2.05) is 0 Å². The molecule has 1 heterocycles. The van der Waals surface area contributed by atoms with Gasteiger partial charge >= 0.3 is 5.97 Å². The quantitative estimate of drug-likeness (QED) is 0.627. The molecule has 0 aromatic heterocycles. The van der Waals surface area contributed by atoms with Crippen LogP contribution in [0.4, 0.5) is 5.69 Å². The average molecular weight is 390 g/mol. The number of benzene rings is 1. The molecule has 0 N–H and O–H groups in total. The molecule has 2 aliphatic rings. The van der Waals surface area contributed by atoms with Crippen molar-refractivity contribution in [2.24, 2.45) is 5.92 Å². The number of amides is 2. The van der Waals surface area contributed by atoms with Crippen LogP contribution in [0.5, 0.6) is 11.5 Å². The van der Waals surface area contributed by atoms with Gasteiger partial charge in [-0.15, -0.1) is 0 Å². The van der Waals surface area contributed by atoms with E-state index in [0.29, 0.717) is 17.2 Å². The number of ether oxygens (including phenoxy) is 3. The van der Waals surface area contributed by atoms with Crippen LogP contribution in [-0.4, -0.2) is 62.6 Å². The number of hydrogen-bond donors (Lipinski definition) is 0. The third kappa shape index (κ3) is 4.21. The summed E-state index contributed by atoms with van der Waals surface area (Å²) < 4.78 is 15.5. The summed E-state index contributed by atoms with van der Waals surface area (Å²) in [5, 5.41) is 0. The zero-order chi connectivity index (χ0) is 20.3. The Morgan fingerprint density at radius 1 is 1.18 bits per heavy atom. The lowest BCUT2D eigenvalue weighted by atomic mass is 10.1. The number of esters is 1. The number of nitrogens with zero attached hydrogens (tertiary/aromatic N) is 2. The summed E-state index contributed by atoms with van der Waals surface area (Å²) in [4.78, 5) is 40.6. The monoisotopic (exact) mass is 390 g/mol.